The van der Waals surface area contributed by atoms with Crippen molar-refractivity contribution < 1.29 is 18.3 Å². The molecule has 164 valence electrons. The average molecular weight is 432 g/mol. The van der Waals surface area contributed by atoms with E-state index in [9.17, 15) is 13.2 Å². The summed E-state index contributed by atoms with van der Waals surface area (Å²) in [6.07, 6.45) is 11.3. The summed E-state index contributed by atoms with van der Waals surface area (Å²) in [6, 6.07) is 8.00. The molecule has 6 heteroatoms. The predicted molar refractivity (Wildman–Crippen MR) is 120 cm³/mol. The van der Waals surface area contributed by atoms with Gasteiger partial charge in [0, 0.05) is 12.1 Å². The van der Waals surface area contributed by atoms with Crippen LogP contribution < -0.4 is 4.72 Å². The first-order valence-electron chi connectivity index (χ1n) is 11.0. The normalized spacial score (nSPS) is 21.4. The van der Waals surface area contributed by atoms with E-state index in [4.69, 9.17) is 5.11 Å². The van der Waals surface area contributed by atoms with Crippen LogP contribution in [0.25, 0.3) is 0 Å². The molecule has 0 radical (unpaired) electrons. The smallest absolute Gasteiger partial charge is 0.303 e. The van der Waals surface area contributed by atoms with Gasteiger partial charge in [0.15, 0.2) is 0 Å². The van der Waals surface area contributed by atoms with Gasteiger partial charge in [-0.25, -0.2) is 8.42 Å². The Morgan fingerprint density at radius 1 is 1.17 bits per heavy atom. The second kappa shape index (κ2) is 10.3. The molecule has 4 rings (SSSR count). The van der Waals surface area contributed by atoms with Gasteiger partial charge in [-0.3, -0.25) is 9.52 Å². The van der Waals surface area contributed by atoms with Crippen LogP contribution in [0.5, 0.6) is 0 Å². The highest BCUT2D eigenvalue weighted by molar-refractivity contribution is 7.89. The Morgan fingerprint density at radius 2 is 1.90 bits per heavy atom. The summed E-state index contributed by atoms with van der Waals surface area (Å²) in [5.74, 6) is 0.112. The number of sulfonamides is 1. The second-order valence-electron chi connectivity index (χ2n) is 8.61. The first-order chi connectivity index (χ1) is 14.3. The van der Waals surface area contributed by atoms with E-state index in [0.29, 0.717) is 24.7 Å². The topological polar surface area (TPSA) is 83.5 Å². The van der Waals surface area contributed by atoms with Gasteiger partial charge in [0.1, 0.15) is 0 Å². The molecule has 3 aliphatic carbocycles. The zero-order chi connectivity index (χ0) is 21.6. The Bertz CT molecular complexity index is 909. The first kappa shape index (κ1) is 22.6. The van der Waals surface area contributed by atoms with Crippen molar-refractivity contribution in [3.63, 3.8) is 0 Å². The van der Waals surface area contributed by atoms with Crippen LogP contribution >= 0.6 is 0 Å². The maximum Gasteiger partial charge on any atom is 0.303 e. The lowest BCUT2D eigenvalue weighted by Crippen LogP contribution is -2.37. The van der Waals surface area contributed by atoms with Crippen molar-refractivity contribution >= 4 is 16.0 Å². The Kier molecular flexibility index (Phi) is 7.75. The van der Waals surface area contributed by atoms with Crippen LogP contribution in [0.4, 0.5) is 0 Å². The third-order valence-corrected chi connectivity index (χ3v) is 7.52. The maximum absolute atomic E-state index is 12.8. The molecule has 0 atom stereocenters. The number of allylic oxidation sites excluding steroid dienone is 4. The Labute approximate surface area is 180 Å². The lowest BCUT2D eigenvalue weighted by Gasteiger charge is -2.40. The van der Waals surface area contributed by atoms with Crippen LogP contribution in [0.2, 0.25) is 0 Å². The number of carboxylic acids is 1. The summed E-state index contributed by atoms with van der Waals surface area (Å²) >= 11 is 0. The molecule has 1 saturated carbocycles. The van der Waals surface area contributed by atoms with Gasteiger partial charge in [0.2, 0.25) is 10.0 Å². The van der Waals surface area contributed by atoms with Crippen LogP contribution in [-0.4, -0.2) is 25.2 Å². The van der Waals surface area contributed by atoms with Gasteiger partial charge in [-0.1, -0.05) is 42.0 Å². The third kappa shape index (κ3) is 6.46. The summed E-state index contributed by atoms with van der Waals surface area (Å²) in [6.45, 7) is 2.02. The van der Waals surface area contributed by atoms with E-state index in [1.54, 1.807) is 0 Å². The van der Waals surface area contributed by atoms with Gasteiger partial charge in [-0.15, -0.1) is 0 Å². The van der Waals surface area contributed by atoms with Gasteiger partial charge in [-0.05, 0) is 81.3 Å². The number of hydrogen-bond acceptors (Lipinski definition) is 3. The molecule has 2 N–H and O–H groups in total. The van der Waals surface area contributed by atoms with Crippen molar-refractivity contribution in [2.75, 3.05) is 5.75 Å². The van der Waals surface area contributed by atoms with Gasteiger partial charge in [-0.2, -0.15) is 0 Å². The number of unbranched alkanes of at least 4 members (excludes halogenated alkanes) is 1. The number of aryl methyl sites for hydroxylation is 2. The van der Waals surface area contributed by atoms with Crippen LogP contribution in [0.1, 0.15) is 62.5 Å². The predicted octanol–water partition coefficient (Wildman–Crippen LogP) is 4.73. The summed E-state index contributed by atoms with van der Waals surface area (Å²) in [5, 5.41) is 8.72. The number of nitrogens with one attached hydrogen (secondary N) is 1. The molecular formula is C24H33NO4S. The van der Waals surface area contributed by atoms with E-state index < -0.39 is 16.0 Å². The largest absolute Gasteiger partial charge is 0.481 e. The van der Waals surface area contributed by atoms with Crippen LogP contribution in [-0.2, 0) is 21.2 Å². The number of carboxylic acid groups (broad SMARTS) is 1. The van der Waals surface area contributed by atoms with E-state index in [-0.39, 0.29) is 12.2 Å². The van der Waals surface area contributed by atoms with Crippen molar-refractivity contribution in [2.24, 2.45) is 11.8 Å². The van der Waals surface area contributed by atoms with E-state index >= 15 is 0 Å². The van der Waals surface area contributed by atoms with Crippen molar-refractivity contribution in [2.45, 2.75) is 64.7 Å². The molecule has 0 aromatic heterocycles. The molecule has 0 spiro atoms. The number of aliphatic carboxylic acids is 1. The Balaban J connectivity index is 1.64. The zero-order valence-electron chi connectivity index (χ0n) is 17.8. The van der Waals surface area contributed by atoms with Gasteiger partial charge in [0.05, 0.1) is 5.75 Å². The number of fused-ring (bicyclic) bond motifs is 2. The molecule has 5 nitrogen and oxygen atoms in total. The molecule has 0 unspecified atom stereocenters. The molecule has 0 saturated heterocycles. The molecule has 1 aromatic rings. The summed E-state index contributed by atoms with van der Waals surface area (Å²) in [7, 11) is -3.39. The SMILES string of the molecule is Cc1cccc(CCS(=O)(=O)NC2=C(CC=CCCCC(=O)O)C3CCC2CC3)c1. The molecule has 0 heterocycles. The molecule has 0 aliphatic heterocycles. The van der Waals surface area contributed by atoms with Gasteiger partial charge < -0.3 is 5.11 Å². The van der Waals surface area contributed by atoms with E-state index in [2.05, 4.69) is 10.8 Å². The van der Waals surface area contributed by atoms with Gasteiger partial charge >= 0.3 is 5.97 Å². The molecular weight excluding hydrogens is 398 g/mol. The number of hydrogen-bond donors (Lipinski definition) is 2. The Morgan fingerprint density at radius 3 is 2.60 bits per heavy atom. The van der Waals surface area contributed by atoms with E-state index in [1.807, 2.05) is 37.3 Å². The van der Waals surface area contributed by atoms with E-state index in [0.717, 1.165) is 55.3 Å². The number of benzene rings is 1. The molecule has 30 heavy (non-hydrogen) atoms. The fourth-order valence-corrected chi connectivity index (χ4v) is 5.92. The van der Waals surface area contributed by atoms with Crippen LogP contribution in [0.15, 0.2) is 47.7 Å². The fraction of sp³-hybridized carbons (Fsp3) is 0.542. The standard InChI is InChI=1S/C24H33NO4S/c1-18-7-6-8-19(17-18)15-16-30(28,29)25-24-21-13-11-20(12-14-21)22(24)9-4-2-3-5-10-23(26)27/h2,4,6-8,17,20-21,25H,3,5,9-16H2,1H3,(H,26,27). The molecule has 1 aromatic carbocycles. The minimum absolute atomic E-state index is 0.0929. The van der Waals surface area contributed by atoms with Crippen LogP contribution in [0.3, 0.4) is 0 Å². The van der Waals surface area contributed by atoms with E-state index in [1.165, 1.54) is 5.57 Å². The zero-order valence-corrected chi connectivity index (χ0v) is 18.6. The molecule has 2 bridgehead atoms. The minimum atomic E-state index is -3.39. The lowest BCUT2D eigenvalue weighted by molar-refractivity contribution is -0.137. The van der Waals surface area contributed by atoms with Crippen LogP contribution in [0, 0.1) is 18.8 Å². The summed E-state index contributed by atoms with van der Waals surface area (Å²) in [4.78, 5) is 10.6. The van der Waals surface area contributed by atoms with Crippen molar-refractivity contribution in [3.8, 4) is 0 Å². The molecule has 0 amide bonds. The number of rotatable bonds is 11. The van der Waals surface area contributed by atoms with Crippen molar-refractivity contribution in [1.82, 2.24) is 4.72 Å². The van der Waals surface area contributed by atoms with Gasteiger partial charge in [0.25, 0.3) is 0 Å². The van der Waals surface area contributed by atoms with Crippen molar-refractivity contribution in [3.05, 3.63) is 58.8 Å². The highest BCUT2D eigenvalue weighted by atomic mass is 32.2. The molecule has 3 aliphatic rings. The van der Waals surface area contributed by atoms with Crippen molar-refractivity contribution in [1.29, 1.82) is 0 Å². The average Bonchev–Trinajstić information content (AvgIpc) is 2.71. The second-order valence-corrected chi connectivity index (χ2v) is 10.5. The summed E-state index contributed by atoms with van der Waals surface area (Å²) < 4.78 is 28.6. The molecule has 1 fully saturated rings. The number of carbonyl (C=O) groups is 1. The Hall–Kier alpha value is -2.08. The quantitative estimate of drug-likeness (QED) is 0.392. The fourth-order valence-electron chi connectivity index (χ4n) is 4.68. The monoisotopic (exact) mass is 431 g/mol. The highest BCUT2D eigenvalue weighted by Gasteiger charge is 2.36. The minimum Gasteiger partial charge on any atom is -0.481 e. The first-order valence-corrected chi connectivity index (χ1v) is 12.6. The highest BCUT2D eigenvalue weighted by Crippen LogP contribution is 2.45. The lowest BCUT2D eigenvalue weighted by atomic mass is 9.69. The summed E-state index contributed by atoms with van der Waals surface area (Å²) in [5.41, 5.74) is 4.37. The third-order valence-electron chi connectivity index (χ3n) is 6.25. The maximum atomic E-state index is 12.8.